The zero-order valence-corrected chi connectivity index (χ0v) is 13.7. The van der Waals surface area contributed by atoms with E-state index in [9.17, 15) is 34.6 Å². The maximum atomic E-state index is 11.7. The van der Waals surface area contributed by atoms with Crippen LogP contribution in [0, 0.1) is 20.2 Å². The monoisotopic (exact) mass is 395 g/mol. The van der Waals surface area contributed by atoms with Crippen LogP contribution in [0.15, 0.2) is 12.3 Å². The number of nitrogens with zero attached hydrogens (tertiary/aromatic N) is 2. The van der Waals surface area contributed by atoms with Crippen molar-refractivity contribution in [3.63, 3.8) is 0 Å². The molecule has 0 saturated heterocycles. The van der Waals surface area contributed by atoms with Crippen LogP contribution >= 0.6 is 0 Å². The van der Waals surface area contributed by atoms with E-state index in [4.69, 9.17) is 10.8 Å². The third-order valence-electron chi connectivity index (χ3n) is 2.63. The average molecular weight is 395 g/mol. The lowest BCUT2D eigenvalue weighted by atomic mass is 10.2. The summed E-state index contributed by atoms with van der Waals surface area (Å²) in [5.74, 6) is -3.19. The van der Waals surface area contributed by atoms with Gasteiger partial charge in [0.05, 0.1) is 0 Å². The molecular formula is C11H17N5O11. The van der Waals surface area contributed by atoms with Gasteiger partial charge in [0.25, 0.3) is 16.1 Å². The number of hydrogen-bond acceptors (Lipinski definition) is 12. The Kier molecular flexibility index (Phi) is 10.2. The second kappa shape index (κ2) is 11.8. The molecule has 0 aliphatic heterocycles. The summed E-state index contributed by atoms with van der Waals surface area (Å²) in [5, 5.41) is 28.6. The Morgan fingerprint density at radius 2 is 1.85 bits per heavy atom. The summed E-state index contributed by atoms with van der Waals surface area (Å²) in [7, 11) is 0. The lowest BCUT2D eigenvalue weighted by Crippen LogP contribution is -2.40. The van der Waals surface area contributed by atoms with Gasteiger partial charge in [-0.25, -0.2) is 10.3 Å². The lowest BCUT2D eigenvalue weighted by molar-refractivity contribution is -0.789. The van der Waals surface area contributed by atoms with E-state index in [0.29, 0.717) is 0 Å². The highest BCUT2D eigenvalue weighted by Gasteiger charge is 2.19. The molecule has 0 saturated carbocycles. The number of rotatable bonds is 14. The van der Waals surface area contributed by atoms with Gasteiger partial charge in [0.2, 0.25) is 0 Å². The molecule has 0 heterocycles. The van der Waals surface area contributed by atoms with Gasteiger partial charge in [0, 0.05) is 13.0 Å². The van der Waals surface area contributed by atoms with Gasteiger partial charge < -0.3 is 30.7 Å². The highest BCUT2D eigenvalue weighted by atomic mass is 17.0. The molecule has 0 fully saturated rings. The molecule has 0 unspecified atom stereocenters. The molecule has 0 spiro atoms. The zero-order valence-electron chi connectivity index (χ0n) is 13.7. The SMILES string of the molecule is C=C(NOC(=O)CC[C@H](N)C(=O)O)C(=O)NC[C@H](CO[N+](=O)[O-])O[N+](=O)[O-]. The minimum atomic E-state index is -1.48. The van der Waals surface area contributed by atoms with Crippen LogP contribution < -0.4 is 16.5 Å². The molecule has 1 amide bonds. The van der Waals surface area contributed by atoms with Crippen LogP contribution in [0.3, 0.4) is 0 Å². The number of hydrogen-bond donors (Lipinski definition) is 4. The Hall–Kier alpha value is -3.69. The van der Waals surface area contributed by atoms with E-state index in [-0.39, 0.29) is 12.8 Å². The quantitative estimate of drug-likeness (QED) is 0.137. The van der Waals surface area contributed by atoms with Gasteiger partial charge in [-0.3, -0.25) is 9.59 Å². The topological polar surface area (TPSA) is 235 Å². The molecule has 2 atom stereocenters. The van der Waals surface area contributed by atoms with Crippen LogP contribution in [-0.4, -0.2) is 58.4 Å². The largest absolute Gasteiger partial charge is 0.480 e. The number of carbonyl (C=O) groups excluding carboxylic acids is 2. The van der Waals surface area contributed by atoms with Crippen LogP contribution in [-0.2, 0) is 28.9 Å². The number of nitrogens with one attached hydrogen (secondary N) is 2. The van der Waals surface area contributed by atoms with Crippen molar-refractivity contribution >= 4 is 17.8 Å². The molecule has 0 aromatic heterocycles. The van der Waals surface area contributed by atoms with Gasteiger partial charge >= 0.3 is 11.9 Å². The third-order valence-corrected chi connectivity index (χ3v) is 2.63. The summed E-state index contributed by atoms with van der Waals surface area (Å²) in [5.41, 5.74) is 6.60. The highest BCUT2D eigenvalue weighted by Crippen LogP contribution is 1.98. The molecule has 0 aromatic carbocycles. The Bertz CT molecular complexity index is 595. The Morgan fingerprint density at radius 1 is 1.22 bits per heavy atom. The summed E-state index contributed by atoms with van der Waals surface area (Å²) < 4.78 is 0. The fourth-order valence-corrected chi connectivity index (χ4v) is 1.32. The van der Waals surface area contributed by atoms with Crippen LogP contribution in [0.2, 0.25) is 0 Å². The first kappa shape index (κ1) is 23.3. The molecular weight excluding hydrogens is 378 g/mol. The number of hydroxylamine groups is 1. The molecule has 16 nitrogen and oxygen atoms in total. The van der Waals surface area contributed by atoms with E-state index in [1.54, 1.807) is 0 Å². The Morgan fingerprint density at radius 3 is 2.37 bits per heavy atom. The average Bonchev–Trinajstić information content (AvgIpc) is 2.58. The van der Waals surface area contributed by atoms with Gasteiger partial charge in [-0.1, -0.05) is 6.58 Å². The lowest BCUT2D eigenvalue weighted by Gasteiger charge is -2.15. The summed E-state index contributed by atoms with van der Waals surface area (Å²) in [6, 6.07) is -1.26. The third kappa shape index (κ3) is 11.5. The molecule has 0 rings (SSSR count). The first-order valence-corrected chi connectivity index (χ1v) is 7.02. The minimum absolute atomic E-state index is 0.203. The van der Waals surface area contributed by atoms with Crippen molar-refractivity contribution in [2.24, 2.45) is 5.73 Å². The van der Waals surface area contributed by atoms with E-state index in [1.165, 1.54) is 0 Å². The Labute approximate surface area is 150 Å². The van der Waals surface area contributed by atoms with E-state index in [0.717, 1.165) is 0 Å². The predicted octanol–water partition coefficient (Wildman–Crippen LogP) is -2.36. The maximum Gasteiger partial charge on any atom is 0.332 e. The van der Waals surface area contributed by atoms with Crippen molar-refractivity contribution in [1.29, 1.82) is 0 Å². The first-order valence-electron chi connectivity index (χ1n) is 7.02. The van der Waals surface area contributed by atoms with Crippen molar-refractivity contribution in [2.75, 3.05) is 13.2 Å². The summed E-state index contributed by atoms with van der Waals surface area (Å²) in [6.07, 6.45) is -2.04. The van der Waals surface area contributed by atoms with E-state index in [1.807, 2.05) is 5.48 Å². The zero-order chi connectivity index (χ0) is 21.0. The molecule has 0 bridgehead atoms. The van der Waals surface area contributed by atoms with Crippen LogP contribution in [0.25, 0.3) is 0 Å². The highest BCUT2D eigenvalue weighted by molar-refractivity contribution is 5.92. The van der Waals surface area contributed by atoms with Crippen molar-refractivity contribution in [3.8, 4) is 0 Å². The van der Waals surface area contributed by atoms with Gasteiger partial charge in [-0.15, -0.1) is 20.2 Å². The normalized spacial score (nSPS) is 12.0. The van der Waals surface area contributed by atoms with Gasteiger partial charge in [-0.05, 0) is 6.42 Å². The number of carboxylic acid groups (broad SMARTS) is 1. The molecule has 27 heavy (non-hydrogen) atoms. The molecule has 16 heteroatoms. The molecule has 152 valence electrons. The van der Waals surface area contributed by atoms with E-state index in [2.05, 4.69) is 26.4 Å². The molecule has 5 N–H and O–H groups in total. The number of aliphatic carboxylic acids is 1. The standard InChI is InChI=1S/C11H17N5O11/c1-6(14-26-9(17)3-2-8(12)11(19)20)10(18)13-4-7(27-16(23)24)5-25-15(21)22/h7-8,14H,1-5,12H2,(H,13,18)(H,19,20)/t7-,8+/m1/s1. The van der Waals surface area contributed by atoms with Crippen molar-refractivity contribution in [1.82, 2.24) is 10.8 Å². The van der Waals surface area contributed by atoms with Crippen molar-refractivity contribution in [3.05, 3.63) is 32.5 Å². The second-order valence-corrected chi connectivity index (χ2v) is 4.72. The molecule has 0 aromatic rings. The number of nitrogens with two attached hydrogens (primary N) is 1. The van der Waals surface area contributed by atoms with Gasteiger partial charge in [0.1, 0.15) is 24.4 Å². The minimum Gasteiger partial charge on any atom is -0.480 e. The number of amides is 1. The number of carboxylic acids is 1. The maximum absolute atomic E-state index is 11.7. The van der Waals surface area contributed by atoms with Crippen LogP contribution in [0.5, 0.6) is 0 Å². The fourth-order valence-electron chi connectivity index (χ4n) is 1.32. The smallest absolute Gasteiger partial charge is 0.332 e. The van der Waals surface area contributed by atoms with Gasteiger partial charge in [-0.2, -0.15) is 0 Å². The summed E-state index contributed by atoms with van der Waals surface area (Å²) in [6.45, 7) is 1.84. The molecule has 0 aliphatic carbocycles. The second-order valence-electron chi connectivity index (χ2n) is 4.72. The van der Waals surface area contributed by atoms with Crippen LogP contribution in [0.1, 0.15) is 12.8 Å². The van der Waals surface area contributed by atoms with Crippen molar-refractivity contribution < 1.29 is 44.2 Å². The number of carbonyl (C=O) groups is 3. The fraction of sp³-hybridized carbons (Fsp3) is 0.545. The Balaban J connectivity index is 4.28. The molecule has 0 aliphatic rings. The van der Waals surface area contributed by atoms with Gasteiger partial charge in [0.15, 0.2) is 0 Å². The van der Waals surface area contributed by atoms with Crippen LogP contribution in [0.4, 0.5) is 0 Å². The van der Waals surface area contributed by atoms with E-state index < -0.39 is 59.0 Å². The first-order chi connectivity index (χ1) is 12.5. The van der Waals surface area contributed by atoms with Crippen molar-refractivity contribution in [2.45, 2.75) is 25.0 Å². The summed E-state index contributed by atoms with van der Waals surface area (Å²) >= 11 is 0. The predicted molar refractivity (Wildman–Crippen MR) is 81.0 cm³/mol. The summed E-state index contributed by atoms with van der Waals surface area (Å²) in [4.78, 5) is 66.3. The molecule has 0 radical (unpaired) electrons. The van der Waals surface area contributed by atoms with E-state index >= 15 is 0 Å².